The molecule has 0 saturated heterocycles. The Morgan fingerprint density at radius 2 is 1.82 bits per heavy atom. The van der Waals surface area contributed by atoms with Crippen LogP contribution < -0.4 is 10.1 Å². The van der Waals surface area contributed by atoms with Gasteiger partial charge in [0.05, 0.1) is 11.1 Å². The van der Waals surface area contributed by atoms with Gasteiger partial charge in [-0.1, -0.05) is 43.7 Å². The van der Waals surface area contributed by atoms with Crippen LogP contribution in [0, 0.1) is 0 Å². The molecule has 112 valence electrons. The Morgan fingerprint density at radius 3 is 2.59 bits per heavy atom. The number of ether oxygens (including phenoxy) is 1. The van der Waals surface area contributed by atoms with Gasteiger partial charge in [-0.25, -0.2) is 0 Å². The van der Waals surface area contributed by atoms with E-state index in [1.807, 2.05) is 54.6 Å². The number of carbonyl (C=O) groups excluding carboxylic acids is 1. The predicted octanol–water partition coefficient (Wildman–Crippen LogP) is 4.43. The summed E-state index contributed by atoms with van der Waals surface area (Å²) in [4.78, 5) is 12.7. The third-order valence-corrected chi connectivity index (χ3v) is 3.73. The molecule has 0 aliphatic carbocycles. The van der Waals surface area contributed by atoms with Crippen LogP contribution in [0.15, 0.2) is 66.4 Å². The van der Waals surface area contributed by atoms with Gasteiger partial charge in [-0.15, -0.1) is 0 Å². The van der Waals surface area contributed by atoms with E-state index >= 15 is 0 Å². The quantitative estimate of drug-likeness (QED) is 0.848. The molecule has 2 aromatic carbocycles. The number of benzene rings is 2. The van der Waals surface area contributed by atoms with E-state index in [1.165, 1.54) is 0 Å². The van der Waals surface area contributed by atoms with Crippen molar-refractivity contribution < 1.29 is 9.53 Å². The molecule has 1 unspecified atom stereocenters. The zero-order chi connectivity index (χ0) is 15.4. The summed E-state index contributed by atoms with van der Waals surface area (Å²) < 4.78 is 6.01. The molecule has 1 aliphatic heterocycles. The van der Waals surface area contributed by atoms with Crippen LogP contribution in [-0.4, -0.2) is 11.9 Å². The Morgan fingerprint density at radius 1 is 1.09 bits per heavy atom. The van der Waals surface area contributed by atoms with E-state index in [0.29, 0.717) is 16.9 Å². The molecule has 3 rings (SSSR count). The zero-order valence-corrected chi connectivity index (χ0v) is 12.6. The molecule has 3 nitrogen and oxygen atoms in total. The smallest absolute Gasteiger partial charge is 0.197 e. The van der Waals surface area contributed by atoms with E-state index in [4.69, 9.17) is 4.74 Å². The molecular formula is C19H19NO2. The van der Waals surface area contributed by atoms with Crippen LogP contribution in [0.2, 0.25) is 0 Å². The molecule has 3 heteroatoms. The average molecular weight is 293 g/mol. The third-order valence-electron chi connectivity index (χ3n) is 3.73. The summed E-state index contributed by atoms with van der Waals surface area (Å²) in [5, 5.41) is 3.20. The van der Waals surface area contributed by atoms with Crippen molar-refractivity contribution in [2.45, 2.75) is 25.9 Å². The largest absolute Gasteiger partial charge is 0.485 e. The fourth-order valence-corrected chi connectivity index (χ4v) is 2.61. The van der Waals surface area contributed by atoms with Gasteiger partial charge in [-0.2, -0.15) is 0 Å². The number of carbonyl (C=O) groups is 1. The molecule has 0 radical (unpaired) electrons. The molecule has 0 aromatic heterocycles. The van der Waals surface area contributed by atoms with Gasteiger partial charge in [0.25, 0.3) is 0 Å². The fourth-order valence-electron chi connectivity index (χ4n) is 2.61. The highest BCUT2D eigenvalue weighted by Gasteiger charge is 2.30. The second-order valence-electron chi connectivity index (χ2n) is 5.33. The highest BCUT2D eigenvalue weighted by atomic mass is 16.5. The molecule has 0 spiro atoms. The van der Waals surface area contributed by atoms with Gasteiger partial charge in [0.1, 0.15) is 11.9 Å². The van der Waals surface area contributed by atoms with E-state index in [9.17, 15) is 4.79 Å². The van der Waals surface area contributed by atoms with Crippen LogP contribution in [0.5, 0.6) is 5.75 Å². The van der Waals surface area contributed by atoms with Crippen molar-refractivity contribution in [3.05, 3.63) is 71.9 Å². The highest BCUT2D eigenvalue weighted by Crippen LogP contribution is 2.32. The normalized spacial score (nSPS) is 18.7. The summed E-state index contributed by atoms with van der Waals surface area (Å²) >= 11 is 0. The first-order valence-corrected chi connectivity index (χ1v) is 7.61. The lowest BCUT2D eigenvalue weighted by molar-refractivity contribution is 0.0955. The molecule has 0 amide bonds. The van der Waals surface area contributed by atoms with Crippen molar-refractivity contribution in [1.82, 2.24) is 0 Å². The minimum absolute atomic E-state index is 0.0451. The summed E-state index contributed by atoms with van der Waals surface area (Å²) in [6.45, 7) is 2.09. The zero-order valence-electron chi connectivity index (χ0n) is 12.6. The van der Waals surface area contributed by atoms with Gasteiger partial charge in [-0.3, -0.25) is 4.79 Å². The fraction of sp³-hybridized carbons (Fsp3) is 0.211. The summed E-state index contributed by atoms with van der Waals surface area (Å²) in [6, 6.07) is 17.2. The molecule has 1 heterocycles. The number of anilines is 1. The van der Waals surface area contributed by atoms with Crippen LogP contribution in [0.3, 0.4) is 0 Å². The SMILES string of the molecule is CCCC1Oc2ccccc2C(=O)/C1=C\Nc1ccccc1. The number of fused-ring (bicyclic) bond motifs is 1. The molecule has 2 aromatic rings. The van der Waals surface area contributed by atoms with E-state index in [-0.39, 0.29) is 11.9 Å². The van der Waals surface area contributed by atoms with Crippen molar-refractivity contribution in [3.8, 4) is 5.75 Å². The lowest BCUT2D eigenvalue weighted by atomic mass is 9.93. The van der Waals surface area contributed by atoms with E-state index in [1.54, 1.807) is 6.20 Å². The Bertz CT molecular complexity index is 692. The Balaban J connectivity index is 1.91. The maximum Gasteiger partial charge on any atom is 0.197 e. The summed E-state index contributed by atoms with van der Waals surface area (Å²) in [5.41, 5.74) is 2.28. The minimum Gasteiger partial charge on any atom is -0.485 e. The number of Topliss-reactive ketones (excluding diaryl/α,β-unsaturated/α-hetero) is 1. The summed E-state index contributed by atoms with van der Waals surface area (Å²) in [7, 11) is 0. The number of para-hydroxylation sites is 2. The van der Waals surface area contributed by atoms with E-state index in [0.717, 1.165) is 18.5 Å². The minimum atomic E-state index is -0.191. The van der Waals surface area contributed by atoms with Crippen molar-refractivity contribution in [3.63, 3.8) is 0 Å². The molecule has 0 fully saturated rings. The van der Waals surface area contributed by atoms with E-state index in [2.05, 4.69) is 12.2 Å². The van der Waals surface area contributed by atoms with Gasteiger partial charge >= 0.3 is 0 Å². The number of hydrogen-bond donors (Lipinski definition) is 1. The van der Waals surface area contributed by atoms with Gasteiger partial charge in [0, 0.05) is 11.9 Å². The second-order valence-corrected chi connectivity index (χ2v) is 5.33. The van der Waals surface area contributed by atoms with Crippen LogP contribution in [0.4, 0.5) is 5.69 Å². The van der Waals surface area contributed by atoms with Crippen molar-refractivity contribution in [2.24, 2.45) is 0 Å². The molecule has 1 aliphatic rings. The molecule has 1 atom stereocenters. The maximum absolute atomic E-state index is 12.7. The first-order chi connectivity index (χ1) is 10.8. The summed E-state index contributed by atoms with van der Waals surface area (Å²) in [5.74, 6) is 0.728. The number of nitrogens with one attached hydrogen (secondary N) is 1. The predicted molar refractivity (Wildman–Crippen MR) is 88.2 cm³/mol. The lowest BCUT2D eigenvalue weighted by Crippen LogP contribution is -2.30. The first kappa shape index (κ1) is 14.4. The molecule has 22 heavy (non-hydrogen) atoms. The average Bonchev–Trinajstić information content (AvgIpc) is 2.56. The molecule has 0 saturated carbocycles. The van der Waals surface area contributed by atoms with Crippen LogP contribution in [0.25, 0.3) is 0 Å². The molecular weight excluding hydrogens is 274 g/mol. The molecule has 0 bridgehead atoms. The first-order valence-electron chi connectivity index (χ1n) is 7.61. The van der Waals surface area contributed by atoms with Crippen molar-refractivity contribution >= 4 is 11.5 Å². The standard InChI is InChI=1S/C19H19NO2/c1-2-8-17-16(13-20-14-9-4-3-5-10-14)19(21)15-11-6-7-12-18(15)22-17/h3-7,9-13,17,20H,2,8H2,1H3/b16-13-. The van der Waals surface area contributed by atoms with Crippen LogP contribution >= 0.6 is 0 Å². The van der Waals surface area contributed by atoms with Crippen molar-refractivity contribution in [2.75, 3.05) is 5.32 Å². The lowest BCUT2D eigenvalue weighted by Gasteiger charge is -2.27. The monoisotopic (exact) mass is 293 g/mol. The van der Waals surface area contributed by atoms with Crippen LogP contribution in [0.1, 0.15) is 30.1 Å². The Hall–Kier alpha value is -2.55. The molecule has 1 N–H and O–H groups in total. The van der Waals surface area contributed by atoms with E-state index < -0.39 is 0 Å². The van der Waals surface area contributed by atoms with Gasteiger partial charge in [0.2, 0.25) is 0 Å². The Kier molecular flexibility index (Phi) is 4.24. The van der Waals surface area contributed by atoms with Gasteiger partial charge in [-0.05, 0) is 30.7 Å². The Labute approximate surface area is 130 Å². The van der Waals surface area contributed by atoms with Crippen LogP contribution in [-0.2, 0) is 0 Å². The number of ketones is 1. The van der Waals surface area contributed by atoms with Gasteiger partial charge in [0.15, 0.2) is 5.78 Å². The second kappa shape index (κ2) is 6.48. The van der Waals surface area contributed by atoms with Crippen molar-refractivity contribution in [1.29, 1.82) is 0 Å². The number of hydrogen-bond acceptors (Lipinski definition) is 3. The maximum atomic E-state index is 12.7. The topological polar surface area (TPSA) is 38.3 Å². The van der Waals surface area contributed by atoms with Gasteiger partial charge < -0.3 is 10.1 Å². The number of rotatable bonds is 4. The third kappa shape index (κ3) is 2.89. The summed E-state index contributed by atoms with van der Waals surface area (Å²) in [6.07, 6.45) is 3.38. The highest BCUT2D eigenvalue weighted by molar-refractivity contribution is 6.12.